The van der Waals surface area contributed by atoms with E-state index >= 15 is 0 Å². The number of hydrogen-bond donors (Lipinski definition) is 0. The van der Waals surface area contributed by atoms with Crippen molar-refractivity contribution in [2.75, 3.05) is 20.6 Å². The fourth-order valence-electron chi connectivity index (χ4n) is 2.64. The Hall–Kier alpha value is -2.41. The van der Waals surface area contributed by atoms with Crippen molar-refractivity contribution in [3.05, 3.63) is 51.5 Å². The van der Waals surface area contributed by atoms with E-state index in [0.717, 1.165) is 29.0 Å². The molecule has 0 aliphatic carbocycles. The van der Waals surface area contributed by atoms with Crippen molar-refractivity contribution in [1.29, 1.82) is 0 Å². The number of amides is 2. The average Bonchev–Trinajstić information content (AvgIpc) is 2.91. The molecule has 0 radical (unpaired) electrons. The minimum absolute atomic E-state index is 0.101. The highest BCUT2D eigenvalue weighted by Gasteiger charge is 2.25. The Morgan fingerprint density at radius 2 is 2.04 bits per heavy atom. The molecule has 1 aliphatic rings. The second kappa shape index (κ2) is 7.65. The zero-order valence-electron chi connectivity index (χ0n) is 14.4. The molecular formula is C18H21N3O3S. The van der Waals surface area contributed by atoms with Gasteiger partial charge in [0.15, 0.2) is 5.01 Å². The normalized spacial score (nSPS) is 13.8. The van der Waals surface area contributed by atoms with Gasteiger partial charge in [0.25, 0.3) is 5.91 Å². The number of fused-ring (bicyclic) bond motifs is 1. The van der Waals surface area contributed by atoms with E-state index in [0.29, 0.717) is 18.1 Å². The zero-order chi connectivity index (χ0) is 17.8. The summed E-state index contributed by atoms with van der Waals surface area (Å²) < 4.78 is 5.43. The van der Waals surface area contributed by atoms with Gasteiger partial charge in [0.2, 0.25) is 0 Å². The van der Waals surface area contributed by atoms with Gasteiger partial charge in [-0.25, -0.2) is 9.78 Å². The molecule has 0 N–H and O–H groups in total. The Morgan fingerprint density at radius 3 is 2.76 bits per heavy atom. The molecule has 2 aromatic rings. The molecule has 6 nitrogen and oxygen atoms in total. The highest BCUT2D eigenvalue weighted by atomic mass is 32.1. The predicted molar refractivity (Wildman–Crippen MR) is 95.5 cm³/mol. The maximum Gasteiger partial charge on any atom is 0.410 e. The van der Waals surface area contributed by atoms with Crippen LogP contribution in [0, 0.1) is 0 Å². The Balaban J connectivity index is 1.66. The highest BCUT2D eigenvalue weighted by Crippen LogP contribution is 2.26. The van der Waals surface area contributed by atoms with Crippen molar-refractivity contribution in [2.45, 2.75) is 26.0 Å². The lowest BCUT2D eigenvalue weighted by Crippen LogP contribution is -2.31. The minimum atomic E-state index is -0.328. The van der Waals surface area contributed by atoms with Gasteiger partial charge >= 0.3 is 6.09 Å². The first-order valence-corrected chi connectivity index (χ1v) is 9.02. The molecule has 0 unspecified atom stereocenters. The van der Waals surface area contributed by atoms with Crippen LogP contribution in [0.3, 0.4) is 0 Å². The fraction of sp³-hybridized carbons (Fsp3) is 0.389. The molecule has 25 heavy (non-hydrogen) atoms. The van der Waals surface area contributed by atoms with Crippen LogP contribution in [-0.4, -0.2) is 47.4 Å². The number of thiazole rings is 1. The van der Waals surface area contributed by atoms with Crippen molar-refractivity contribution in [2.24, 2.45) is 0 Å². The third kappa shape index (κ3) is 4.17. The van der Waals surface area contributed by atoms with Crippen LogP contribution in [0.2, 0.25) is 0 Å². The van der Waals surface area contributed by atoms with Gasteiger partial charge in [-0.15, -0.1) is 11.3 Å². The highest BCUT2D eigenvalue weighted by molar-refractivity contribution is 7.13. The summed E-state index contributed by atoms with van der Waals surface area (Å²) >= 11 is 1.37. The summed E-state index contributed by atoms with van der Waals surface area (Å²) in [5.74, 6) is -0.101. The fourth-order valence-corrected chi connectivity index (χ4v) is 3.79. The second-order valence-electron chi connectivity index (χ2n) is 6.15. The van der Waals surface area contributed by atoms with E-state index in [2.05, 4.69) is 4.98 Å². The summed E-state index contributed by atoms with van der Waals surface area (Å²) in [5, 5.41) is 0.481. The zero-order valence-corrected chi connectivity index (χ0v) is 15.2. The molecule has 3 rings (SSSR count). The van der Waals surface area contributed by atoms with Gasteiger partial charge in [0.05, 0.1) is 12.2 Å². The summed E-state index contributed by atoms with van der Waals surface area (Å²) in [7, 11) is 3.42. The van der Waals surface area contributed by atoms with Gasteiger partial charge in [-0.3, -0.25) is 4.79 Å². The standard InChI is InChI=1S/C18H21N3O3S/c1-20(2)17(22)16-19-14-9-6-10-21(11-15(14)25-16)18(23)24-12-13-7-4-3-5-8-13/h3-5,7-8H,6,9-12H2,1-2H3. The molecule has 1 aliphatic heterocycles. The van der Waals surface area contributed by atoms with E-state index in [1.165, 1.54) is 16.2 Å². The molecule has 2 heterocycles. The van der Waals surface area contributed by atoms with Gasteiger partial charge in [-0.1, -0.05) is 30.3 Å². The van der Waals surface area contributed by atoms with Crippen LogP contribution >= 0.6 is 11.3 Å². The number of aromatic nitrogens is 1. The summed E-state index contributed by atoms with van der Waals surface area (Å²) in [6.07, 6.45) is 1.26. The van der Waals surface area contributed by atoms with Gasteiger partial charge in [-0.2, -0.15) is 0 Å². The largest absolute Gasteiger partial charge is 0.445 e. The van der Waals surface area contributed by atoms with Crippen LogP contribution in [0.4, 0.5) is 4.79 Å². The number of benzene rings is 1. The Kier molecular flexibility index (Phi) is 5.33. The lowest BCUT2D eigenvalue weighted by atomic mass is 10.2. The number of ether oxygens (including phenoxy) is 1. The molecule has 0 fully saturated rings. The molecule has 1 aromatic heterocycles. The molecule has 0 saturated carbocycles. The molecular weight excluding hydrogens is 338 g/mol. The van der Waals surface area contributed by atoms with E-state index < -0.39 is 0 Å². The topological polar surface area (TPSA) is 62.7 Å². The Morgan fingerprint density at radius 1 is 1.28 bits per heavy atom. The number of carbonyl (C=O) groups excluding carboxylic acids is 2. The summed E-state index contributed by atoms with van der Waals surface area (Å²) in [6, 6.07) is 9.62. The van der Waals surface area contributed by atoms with Gasteiger partial charge in [-0.05, 0) is 18.4 Å². The van der Waals surface area contributed by atoms with Crippen molar-refractivity contribution >= 4 is 23.3 Å². The smallest absolute Gasteiger partial charge is 0.410 e. The number of hydrogen-bond acceptors (Lipinski definition) is 5. The van der Waals surface area contributed by atoms with Crippen molar-refractivity contribution in [3.8, 4) is 0 Å². The van der Waals surface area contributed by atoms with Crippen LogP contribution in [0.1, 0.15) is 32.4 Å². The van der Waals surface area contributed by atoms with Crippen LogP contribution in [0.15, 0.2) is 30.3 Å². The van der Waals surface area contributed by atoms with Gasteiger partial charge < -0.3 is 14.5 Å². The SMILES string of the molecule is CN(C)C(=O)c1nc2c(s1)CN(C(=O)OCc1ccccc1)CCC2. The number of aryl methyl sites for hydroxylation is 1. The monoisotopic (exact) mass is 359 g/mol. The van der Waals surface area contributed by atoms with Crippen molar-refractivity contribution in [3.63, 3.8) is 0 Å². The molecule has 7 heteroatoms. The first-order valence-electron chi connectivity index (χ1n) is 8.20. The molecule has 0 bridgehead atoms. The molecule has 1 aromatic carbocycles. The van der Waals surface area contributed by atoms with E-state index in [4.69, 9.17) is 4.74 Å². The quantitative estimate of drug-likeness (QED) is 0.845. The lowest BCUT2D eigenvalue weighted by molar-refractivity contribution is 0.0827. The predicted octanol–water partition coefficient (Wildman–Crippen LogP) is 2.93. The van der Waals surface area contributed by atoms with Gasteiger partial charge in [0, 0.05) is 25.5 Å². The third-order valence-corrected chi connectivity index (χ3v) is 5.08. The van der Waals surface area contributed by atoms with Crippen LogP contribution < -0.4 is 0 Å². The summed E-state index contributed by atoms with van der Waals surface area (Å²) in [5.41, 5.74) is 1.89. The molecule has 2 amide bonds. The Bertz CT molecular complexity index is 758. The summed E-state index contributed by atoms with van der Waals surface area (Å²) in [4.78, 5) is 33.1. The molecule has 0 spiro atoms. The van der Waals surface area contributed by atoms with Crippen LogP contribution in [0.25, 0.3) is 0 Å². The average molecular weight is 359 g/mol. The minimum Gasteiger partial charge on any atom is -0.445 e. The maximum atomic E-state index is 12.4. The number of rotatable bonds is 3. The van der Waals surface area contributed by atoms with Crippen LogP contribution in [0.5, 0.6) is 0 Å². The van der Waals surface area contributed by atoms with Crippen molar-refractivity contribution in [1.82, 2.24) is 14.8 Å². The molecule has 0 atom stereocenters. The molecule has 132 valence electrons. The van der Waals surface area contributed by atoms with Gasteiger partial charge in [0.1, 0.15) is 6.61 Å². The lowest BCUT2D eigenvalue weighted by Gasteiger charge is -2.19. The first-order chi connectivity index (χ1) is 12.0. The first kappa shape index (κ1) is 17.4. The second-order valence-corrected chi connectivity index (χ2v) is 7.24. The number of nitrogens with zero attached hydrogens (tertiary/aromatic N) is 3. The molecule has 0 saturated heterocycles. The van der Waals surface area contributed by atoms with E-state index in [1.54, 1.807) is 19.0 Å². The van der Waals surface area contributed by atoms with Crippen LogP contribution in [-0.2, 0) is 24.3 Å². The summed E-state index contributed by atoms with van der Waals surface area (Å²) in [6.45, 7) is 1.34. The Labute approximate surface area is 151 Å². The third-order valence-electron chi connectivity index (χ3n) is 4.01. The number of carbonyl (C=O) groups is 2. The van der Waals surface area contributed by atoms with E-state index in [-0.39, 0.29) is 18.6 Å². The van der Waals surface area contributed by atoms with E-state index in [1.807, 2.05) is 30.3 Å². The maximum absolute atomic E-state index is 12.4. The van der Waals surface area contributed by atoms with E-state index in [9.17, 15) is 9.59 Å². The van der Waals surface area contributed by atoms with Crippen molar-refractivity contribution < 1.29 is 14.3 Å².